The highest BCUT2D eigenvalue weighted by Gasteiger charge is 2.37. The maximum Gasteiger partial charge on any atom is 0.368 e. The Bertz CT molecular complexity index is 633. The summed E-state index contributed by atoms with van der Waals surface area (Å²) in [6.07, 6.45) is 1.47. The Balaban J connectivity index is 3.36. The van der Waals surface area contributed by atoms with Crippen LogP contribution in [0.3, 0.4) is 0 Å². The number of carbonyl (C=O) groups excluding carboxylic acids is 1. The van der Waals surface area contributed by atoms with E-state index in [9.17, 15) is 9.36 Å². The molecule has 0 unspecified atom stereocenters. The summed E-state index contributed by atoms with van der Waals surface area (Å²) in [4.78, 5) is 12.6. The fraction of sp³-hybridized carbons (Fsp3) is 0.500. The van der Waals surface area contributed by atoms with E-state index in [1.807, 2.05) is 0 Å². The lowest BCUT2D eigenvalue weighted by Gasteiger charge is -2.24. The van der Waals surface area contributed by atoms with Crippen LogP contribution in [0.1, 0.15) is 40.2 Å². The fourth-order valence-corrected chi connectivity index (χ4v) is 3.56. The van der Waals surface area contributed by atoms with Crippen molar-refractivity contribution in [2.75, 3.05) is 20.3 Å². The van der Waals surface area contributed by atoms with Crippen LogP contribution in [0.25, 0.3) is 6.08 Å². The molecule has 0 fully saturated rings. The Labute approximate surface area is 149 Å². The molecule has 0 aliphatic carbocycles. The number of hydrogen-bond donors (Lipinski definition) is 0. The molecule has 0 atom stereocenters. The highest BCUT2D eigenvalue weighted by atomic mass is 31.2. The van der Waals surface area contributed by atoms with E-state index in [1.54, 1.807) is 66.0 Å². The first kappa shape index (κ1) is 21.4. The molecule has 0 radical (unpaired) electrons. The zero-order chi connectivity index (χ0) is 19.1. The minimum Gasteiger partial charge on any atom is -0.497 e. The summed E-state index contributed by atoms with van der Waals surface area (Å²) in [6.45, 7) is 8.87. The van der Waals surface area contributed by atoms with Crippen LogP contribution in [-0.4, -0.2) is 31.9 Å². The molecule has 0 heterocycles. The van der Waals surface area contributed by atoms with Crippen molar-refractivity contribution in [3.8, 4) is 5.75 Å². The topological polar surface area (TPSA) is 71.1 Å². The standard InChI is InChI=1S/C18H27O6P/c1-7-22-25(20,23-8-2)16(17(19)24-18(3,4)5)13-14-9-11-15(21-6)12-10-14/h9-13H,7-8H2,1-6H3/b16-13+. The van der Waals surface area contributed by atoms with E-state index in [0.717, 1.165) is 0 Å². The highest BCUT2D eigenvalue weighted by Crippen LogP contribution is 2.57. The zero-order valence-electron chi connectivity index (χ0n) is 15.7. The highest BCUT2D eigenvalue weighted by molar-refractivity contribution is 7.60. The summed E-state index contributed by atoms with van der Waals surface area (Å²) < 4.78 is 34.3. The van der Waals surface area contributed by atoms with Gasteiger partial charge in [-0.15, -0.1) is 0 Å². The second kappa shape index (κ2) is 9.18. The molecule has 1 aromatic rings. The summed E-state index contributed by atoms with van der Waals surface area (Å²) in [7, 11) is -2.24. The molecule has 0 bridgehead atoms. The van der Waals surface area contributed by atoms with Crippen LogP contribution < -0.4 is 4.74 Å². The fourth-order valence-electron chi connectivity index (χ4n) is 1.95. The Morgan fingerprint density at radius 1 is 1.08 bits per heavy atom. The van der Waals surface area contributed by atoms with Crippen LogP contribution in [0.2, 0.25) is 0 Å². The molecule has 0 amide bonds. The monoisotopic (exact) mass is 370 g/mol. The van der Waals surface area contributed by atoms with Gasteiger partial charge in [-0.3, -0.25) is 4.57 Å². The number of methoxy groups -OCH3 is 1. The van der Waals surface area contributed by atoms with Gasteiger partial charge < -0.3 is 18.5 Å². The smallest absolute Gasteiger partial charge is 0.368 e. The van der Waals surface area contributed by atoms with Gasteiger partial charge in [0.2, 0.25) is 0 Å². The molecule has 140 valence electrons. The minimum atomic E-state index is -3.80. The maximum atomic E-state index is 13.1. The summed E-state index contributed by atoms with van der Waals surface area (Å²) >= 11 is 0. The predicted octanol–water partition coefficient (Wildman–Crippen LogP) is 4.64. The van der Waals surface area contributed by atoms with Gasteiger partial charge in [-0.2, -0.15) is 0 Å². The van der Waals surface area contributed by atoms with Crippen LogP contribution in [0.5, 0.6) is 5.75 Å². The van der Waals surface area contributed by atoms with Gasteiger partial charge in [0.25, 0.3) is 0 Å². The van der Waals surface area contributed by atoms with Gasteiger partial charge in [0, 0.05) is 0 Å². The average Bonchev–Trinajstić information content (AvgIpc) is 2.51. The van der Waals surface area contributed by atoms with Crippen LogP contribution in [0.15, 0.2) is 29.6 Å². The molecule has 0 aliphatic heterocycles. The van der Waals surface area contributed by atoms with Crippen LogP contribution in [0.4, 0.5) is 0 Å². The number of hydrogen-bond acceptors (Lipinski definition) is 6. The SMILES string of the molecule is CCOP(=O)(OCC)/C(=C/c1ccc(OC)cc1)C(=O)OC(C)(C)C. The minimum absolute atomic E-state index is 0.128. The van der Waals surface area contributed by atoms with E-state index >= 15 is 0 Å². The summed E-state index contributed by atoms with van der Waals surface area (Å²) in [5.74, 6) is -0.0534. The van der Waals surface area contributed by atoms with Crippen molar-refractivity contribution >= 4 is 19.6 Å². The molecule has 6 nitrogen and oxygen atoms in total. The molecular weight excluding hydrogens is 343 g/mol. The van der Waals surface area contributed by atoms with Gasteiger partial charge in [0.1, 0.15) is 16.7 Å². The lowest BCUT2D eigenvalue weighted by molar-refractivity contribution is -0.149. The van der Waals surface area contributed by atoms with Crippen molar-refractivity contribution in [3.63, 3.8) is 0 Å². The molecule has 0 aromatic heterocycles. The van der Waals surface area contributed by atoms with E-state index in [0.29, 0.717) is 11.3 Å². The number of esters is 1. The van der Waals surface area contributed by atoms with Gasteiger partial charge in [-0.1, -0.05) is 12.1 Å². The van der Waals surface area contributed by atoms with E-state index in [1.165, 1.54) is 6.08 Å². The van der Waals surface area contributed by atoms with Crippen molar-refractivity contribution in [3.05, 3.63) is 35.1 Å². The first-order valence-corrected chi connectivity index (χ1v) is 9.68. The van der Waals surface area contributed by atoms with Crippen molar-refractivity contribution in [2.24, 2.45) is 0 Å². The molecule has 0 N–H and O–H groups in total. The molecule has 1 aromatic carbocycles. The number of carbonyl (C=O) groups is 1. The first-order valence-electron chi connectivity index (χ1n) is 8.14. The Kier molecular flexibility index (Phi) is 7.87. The summed E-state index contributed by atoms with van der Waals surface area (Å²) in [6, 6.07) is 6.96. The Morgan fingerprint density at radius 3 is 2.00 bits per heavy atom. The maximum absolute atomic E-state index is 13.1. The summed E-state index contributed by atoms with van der Waals surface area (Å²) in [5.41, 5.74) is -0.0828. The third kappa shape index (κ3) is 6.65. The van der Waals surface area contributed by atoms with Gasteiger partial charge in [0.05, 0.1) is 20.3 Å². The molecule has 25 heavy (non-hydrogen) atoms. The largest absolute Gasteiger partial charge is 0.497 e. The van der Waals surface area contributed by atoms with Gasteiger partial charge in [-0.25, -0.2) is 4.79 Å². The van der Waals surface area contributed by atoms with Crippen LogP contribution >= 0.6 is 7.60 Å². The Hall–Kier alpha value is -1.62. The average molecular weight is 370 g/mol. The van der Waals surface area contributed by atoms with Crippen LogP contribution in [-0.2, 0) is 23.1 Å². The van der Waals surface area contributed by atoms with E-state index in [2.05, 4.69) is 0 Å². The van der Waals surface area contributed by atoms with E-state index in [-0.39, 0.29) is 18.5 Å². The second-order valence-corrected chi connectivity index (χ2v) is 8.13. The third-order valence-electron chi connectivity index (χ3n) is 2.92. The second-order valence-electron chi connectivity index (χ2n) is 6.14. The molecule has 1 rings (SSSR count). The quantitative estimate of drug-likeness (QED) is 0.377. The lowest BCUT2D eigenvalue weighted by atomic mass is 10.2. The molecule has 0 spiro atoms. The lowest BCUT2D eigenvalue weighted by Crippen LogP contribution is -2.25. The predicted molar refractivity (Wildman–Crippen MR) is 97.7 cm³/mol. The molecule has 0 saturated carbocycles. The van der Waals surface area contributed by atoms with Gasteiger partial charge >= 0.3 is 13.6 Å². The Morgan fingerprint density at radius 2 is 1.60 bits per heavy atom. The van der Waals surface area contributed by atoms with Crippen LogP contribution in [0, 0.1) is 0 Å². The normalized spacial score (nSPS) is 12.8. The molecule has 0 saturated heterocycles. The van der Waals surface area contributed by atoms with Gasteiger partial charge in [-0.05, 0) is 58.4 Å². The molecule has 0 aliphatic rings. The number of benzene rings is 1. The van der Waals surface area contributed by atoms with Crippen molar-refractivity contribution in [2.45, 2.75) is 40.2 Å². The third-order valence-corrected chi connectivity index (χ3v) is 5.02. The van der Waals surface area contributed by atoms with Gasteiger partial charge in [0.15, 0.2) is 0 Å². The first-order chi connectivity index (χ1) is 11.6. The number of ether oxygens (including phenoxy) is 2. The van der Waals surface area contributed by atoms with E-state index in [4.69, 9.17) is 18.5 Å². The number of rotatable bonds is 8. The summed E-state index contributed by atoms with van der Waals surface area (Å²) in [5, 5.41) is -0.128. The van der Waals surface area contributed by atoms with Crippen molar-refractivity contribution < 1.29 is 27.9 Å². The zero-order valence-corrected chi connectivity index (χ0v) is 16.6. The van der Waals surface area contributed by atoms with Crippen molar-refractivity contribution in [1.29, 1.82) is 0 Å². The van der Waals surface area contributed by atoms with E-state index < -0.39 is 19.2 Å². The van der Waals surface area contributed by atoms with Crippen molar-refractivity contribution in [1.82, 2.24) is 0 Å². The molecule has 7 heteroatoms. The molecular formula is C18H27O6P.